The smallest absolute Gasteiger partial charge is 0.136 e. The molecule has 4 heterocycles. The Balaban J connectivity index is 1.73. The molecular formula is C22H23N5S. The molecule has 6 heteroatoms. The first-order valence-corrected chi connectivity index (χ1v) is 10.7. The van der Waals surface area contributed by atoms with Crippen LogP contribution < -0.4 is 4.90 Å². The Morgan fingerprint density at radius 2 is 2.04 bits per heavy atom. The number of thiazole rings is 1. The number of hydrogen-bond donors (Lipinski definition) is 0. The highest BCUT2D eigenvalue weighted by Gasteiger charge is 2.52. The van der Waals surface area contributed by atoms with Crippen LogP contribution in [0.3, 0.4) is 0 Å². The van der Waals surface area contributed by atoms with Gasteiger partial charge in [-0.05, 0) is 45.2 Å². The first kappa shape index (κ1) is 17.4. The van der Waals surface area contributed by atoms with Gasteiger partial charge in [0.25, 0.3) is 0 Å². The molecule has 1 fully saturated rings. The van der Waals surface area contributed by atoms with Crippen LogP contribution in [0.4, 0.5) is 5.82 Å². The number of rotatable bonds is 2. The summed E-state index contributed by atoms with van der Waals surface area (Å²) in [6.45, 7) is 5.10. The molecule has 3 aromatic rings. The van der Waals surface area contributed by atoms with Crippen LogP contribution >= 0.6 is 11.3 Å². The average molecular weight is 390 g/mol. The standard InChI is InChI=1S/C22H23N5S/c1-15-13-24-21(28-15)22(14-23)12-18-16(2)25-27(17-8-4-3-5-9-17)20(18)26-11-7-6-10-19(22)26/h3-5,8-9,13,19H,6-7,10-12H2,1-2H3. The van der Waals surface area contributed by atoms with Crippen molar-refractivity contribution < 1.29 is 0 Å². The number of hydrogen-bond acceptors (Lipinski definition) is 5. The van der Waals surface area contributed by atoms with Crippen molar-refractivity contribution in [3.8, 4) is 11.8 Å². The molecule has 1 saturated heterocycles. The van der Waals surface area contributed by atoms with E-state index in [1.165, 1.54) is 11.4 Å². The fourth-order valence-electron chi connectivity index (χ4n) is 4.83. The van der Waals surface area contributed by atoms with E-state index in [2.05, 4.69) is 46.6 Å². The van der Waals surface area contributed by atoms with E-state index in [0.717, 1.165) is 47.1 Å². The molecular weight excluding hydrogens is 366 g/mol. The maximum atomic E-state index is 10.4. The van der Waals surface area contributed by atoms with Crippen LogP contribution in [0.5, 0.6) is 0 Å². The van der Waals surface area contributed by atoms with Crippen molar-refractivity contribution in [3.05, 3.63) is 57.7 Å². The van der Waals surface area contributed by atoms with Crippen molar-refractivity contribution in [2.75, 3.05) is 11.4 Å². The number of benzene rings is 1. The molecule has 0 aliphatic carbocycles. The summed E-state index contributed by atoms with van der Waals surface area (Å²) in [5, 5.41) is 16.3. The molecule has 2 aliphatic heterocycles. The summed E-state index contributed by atoms with van der Waals surface area (Å²) in [6.07, 6.45) is 5.91. The molecule has 2 atom stereocenters. The quantitative estimate of drug-likeness (QED) is 0.655. The van der Waals surface area contributed by atoms with Gasteiger partial charge in [-0.3, -0.25) is 0 Å². The zero-order valence-electron chi connectivity index (χ0n) is 16.2. The maximum Gasteiger partial charge on any atom is 0.136 e. The van der Waals surface area contributed by atoms with Crippen molar-refractivity contribution in [2.24, 2.45) is 0 Å². The van der Waals surface area contributed by atoms with Crippen molar-refractivity contribution in [2.45, 2.75) is 51.0 Å². The predicted molar refractivity (Wildman–Crippen MR) is 111 cm³/mol. The van der Waals surface area contributed by atoms with Crippen molar-refractivity contribution in [1.82, 2.24) is 14.8 Å². The van der Waals surface area contributed by atoms with Gasteiger partial charge in [0, 0.05) is 29.6 Å². The van der Waals surface area contributed by atoms with Crippen LogP contribution in [-0.4, -0.2) is 27.4 Å². The lowest BCUT2D eigenvalue weighted by Gasteiger charge is -2.48. The zero-order chi connectivity index (χ0) is 19.3. The van der Waals surface area contributed by atoms with Gasteiger partial charge in [-0.1, -0.05) is 18.2 Å². The Bertz CT molecular complexity index is 1060. The Morgan fingerprint density at radius 1 is 1.21 bits per heavy atom. The summed E-state index contributed by atoms with van der Waals surface area (Å²) in [6, 6.07) is 13.2. The topological polar surface area (TPSA) is 57.7 Å². The van der Waals surface area contributed by atoms with Gasteiger partial charge < -0.3 is 4.90 Å². The highest BCUT2D eigenvalue weighted by molar-refractivity contribution is 7.11. The molecule has 5 rings (SSSR count). The van der Waals surface area contributed by atoms with Crippen LogP contribution in [-0.2, 0) is 11.8 Å². The van der Waals surface area contributed by atoms with Crippen LogP contribution in [0.1, 0.15) is 40.4 Å². The van der Waals surface area contributed by atoms with E-state index in [-0.39, 0.29) is 6.04 Å². The Kier molecular flexibility index (Phi) is 4.02. The van der Waals surface area contributed by atoms with Gasteiger partial charge in [-0.25, -0.2) is 9.67 Å². The highest BCUT2D eigenvalue weighted by Crippen LogP contribution is 2.48. The van der Waals surface area contributed by atoms with Crippen LogP contribution in [0, 0.1) is 25.2 Å². The Labute approximate surface area is 169 Å². The minimum atomic E-state index is -0.596. The number of piperidine rings is 1. The van der Waals surface area contributed by atoms with Gasteiger partial charge in [0.05, 0.1) is 23.5 Å². The number of fused-ring (bicyclic) bond motifs is 3. The van der Waals surface area contributed by atoms with Gasteiger partial charge in [-0.15, -0.1) is 11.3 Å². The molecule has 5 nitrogen and oxygen atoms in total. The summed E-state index contributed by atoms with van der Waals surface area (Å²) in [5.41, 5.74) is 2.68. The molecule has 0 radical (unpaired) electrons. The second kappa shape index (κ2) is 6.46. The highest BCUT2D eigenvalue weighted by atomic mass is 32.1. The van der Waals surface area contributed by atoms with E-state index in [9.17, 15) is 5.26 Å². The largest absolute Gasteiger partial charge is 0.351 e. The van der Waals surface area contributed by atoms with Crippen LogP contribution in [0.15, 0.2) is 36.5 Å². The monoisotopic (exact) mass is 389 g/mol. The normalized spacial score (nSPS) is 23.8. The lowest BCUT2D eigenvalue weighted by molar-refractivity contribution is 0.320. The molecule has 1 aromatic carbocycles. The minimum absolute atomic E-state index is 0.142. The summed E-state index contributed by atoms with van der Waals surface area (Å²) < 4.78 is 2.08. The minimum Gasteiger partial charge on any atom is -0.351 e. The number of anilines is 1. The van der Waals surface area contributed by atoms with E-state index in [1.807, 2.05) is 24.4 Å². The Hall–Kier alpha value is -2.65. The number of nitriles is 1. The first-order valence-electron chi connectivity index (χ1n) is 9.89. The van der Waals surface area contributed by atoms with Gasteiger partial charge in [-0.2, -0.15) is 10.4 Å². The van der Waals surface area contributed by atoms with Gasteiger partial charge in [0.2, 0.25) is 0 Å². The number of aryl methyl sites for hydroxylation is 2. The van der Waals surface area contributed by atoms with Crippen molar-refractivity contribution in [1.29, 1.82) is 5.26 Å². The molecule has 2 aliphatic rings. The summed E-state index contributed by atoms with van der Waals surface area (Å²) in [7, 11) is 0. The van der Waals surface area contributed by atoms with E-state index in [0.29, 0.717) is 6.42 Å². The SMILES string of the molecule is Cc1cnc(C2(C#N)Cc3c(C)nn(-c4ccccc4)c3N3CCCCC32)s1. The average Bonchev–Trinajstić information content (AvgIpc) is 3.32. The summed E-state index contributed by atoms with van der Waals surface area (Å²) in [5.74, 6) is 1.17. The van der Waals surface area contributed by atoms with Crippen molar-refractivity contribution >= 4 is 17.2 Å². The Morgan fingerprint density at radius 3 is 2.75 bits per heavy atom. The lowest BCUT2D eigenvalue weighted by atomic mass is 9.70. The summed E-state index contributed by atoms with van der Waals surface area (Å²) in [4.78, 5) is 8.30. The van der Waals surface area contributed by atoms with E-state index in [1.54, 1.807) is 11.3 Å². The van der Waals surface area contributed by atoms with E-state index >= 15 is 0 Å². The summed E-state index contributed by atoms with van der Waals surface area (Å²) >= 11 is 1.67. The fourth-order valence-corrected chi connectivity index (χ4v) is 5.79. The molecule has 0 amide bonds. The third-order valence-electron chi connectivity index (χ3n) is 6.16. The molecule has 0 N–H and O–H groups in total. The van der Waals surface area contributed by atoms with Gasteiger partial charge in [0.1, 0.15) is 16.2 Å². The number of aromatic nitrogens is 3. The van der Waals surface area contributed by atoms with Crippen LogP contribution in [0.25, 0.3) is 5.69 Å². The molecule has 0 bridgehead atoms. The first-order chi connectivity index (χ1) is 13.6. The number of para-hydroxylation sites is 1. The van der Waals surface area contributed by atoms with Crippen molar-refractivity contribution in [3.63, 3.8) is 0 Å². The number of nitrogens with zero attached hydrogens (tertiary/aromatic N) is 5. The molecule has 28 heavy (non-hydrogen) atoms. The van der Waals surface area contributed by atoms with E-state index < -0.39 is 5.41 Å². The molecule has 2 aromatic heterocycles. The second-order valence-corrected chi connectivity index (χ2v) is 9.11. The zero-order valence-corrected chi connectivity index (χ0v) is 17.0. The van der Waals surface area contributed by atoms with E-state index in [4.69, 9.17) is 5.10 Å². The molecule has 0 spiro atoms. The van der Waals surface area contributed by atoms with Gasteiger partial charge >= 0.3 is 0 Å². The molecule has 0 saturated carbocycles. The third kappa shape index (κ3) is 2.43. The maximum absolute atomic E-state index is 10.4. The van der Waals surface area contributed by atoms with Gasteiger partial charge in [0.15, 0.2) is 0 Å². The predicted octanol–water partition coefficient (Wildman–Crippen LogP) is 4.32. The second-order valence-electron chi connectivity index (χ2n) is 7.88. The third-order valence-corrected chi connectivity index (χ3v) is 7.25. The molecule has 142 valence electrons. The van der Waals surface area contributed by atoms with Crippen LogP contribution in [0.2, 0.25) is 0 Å². The fraction of sp³-hybridized carbons (Fsp3) is 0.409. The molecule has 2 unspecified atom stereocenters. The lowest BCUT2D eigenvalue weighted by Crippen LogP contribution is -2.57.